The van der Waals surface area contributed by atoms with Crippen LogP contribution in [-0.4, -0.2) is 28.6 Å². The molecule has 0 saturated heterocycles. The van der Waals surface area contributed by atoms with Crippen molar-refractivity contribution in [1.82, 2.24) is 9.97 Å². The van der Waals surface area contributed by atoms with E-state index in [0.29, 0.717) is 40.2 Å². The highest BCUT2D eigenvalue weighted by Gasteiger charge is 2.39. The van der Waals surface area contributed by atoms with Gasteiger partial charge >= 0.3 is 0 Å². The summed E-state index contributed by atoms with van der Waals surface area (Å²) in [6.45, 7) is 4.36. The quantitative estimate of drug-likeness (QED) is 0.524. The third-order valence-corrected chi connectivity index (χ3v) is 6.53. The van der Waals surface area contributed by atoms with Crippen molar-refractivity contribution in [3.8, 4) is 5.75 Å². The summed E-state index contributed by atoms with van der Waals surface area (Å²) < 4.78 is 5.58. The second kappa shape index (κ2) is 8.68. The maximum Gasteiger partial charge on any atom is 0.257 e. The predicted octanol–water partition coefficient (Wildman–Crippen LogP) is 4.48. The molecule has 2 aromatic rings. The van der Waals surface area contributed by atoms with Crippen molar-refractivity contribution in [2.45, 2.75) is 50.6 Å². The summed E-state index contributed by atoms with van der Waals surface area (Å²) in [5.41, 5.74) is 2.65. The molecule has 0 spiro atoms. The van der Waals surface area contributed by atoms with Gasteiger partial charge in [0.25, 0.3) is 5.56 Å². The zero-order valence-electron chi connectivity index (χ0n) is 17.6. The number of benzene rings is 1. The number of hydrogen-bond donors (Lipinski definition) is 2. The predicted molar refractivity (Wildman–Crippen MR) is 119 cm³/mol. The van der Waals surface area contributed by atoms with E-state index in [9.17, 15) is 9.59 Å². The van der Waals surface area contributed by atoms with E-state index in [0.717, 1.165) is 36.3 Å². The molecule has 2 heterocycles. The van der Waals surface area contributed by atoms with Crippen LogP contribution in [0.5, 0.6) is 5.75 Å². The molecule has 158 valence electrons. The molecule has 1 aliphatic heterocycles. The molecule has 0 fully saturated rings. The molecule has 1 atom stereocenters. The van der Waals surface area contributed by atoms with Gasteiger partial charge in [-0.25, -0.2) is 4.98 Å². The van der Waals surface area contributed by atoms with E-state index < -0.39 is 5.92 Å². The van der Waals surface area contributed by atoms with Gasteiger partial charge in [0.05, 0.1) is 18.6 Å². The molecule has 7 heteroatoms. The van der Waals surface area contributed by atoms with Crippen LogP contribution >= 0.6 is 11.8 Å². The number of allylic oxidation sites excluding steroid dienone is 2. The standard InChI is InChI=1S/C23H27N3O3S/c1-13(2)11-12-30-23-25-21-20(22(28)26-23)18(14-7-4-5-10-17(14)29-3)19-15(24-21)8-6-9-16(19)27/h4-5,7,10,13,18H,6,8-9,11-12H2,1-3H3,(H2,24,25,26,28)/t18-/m1/s1. The first kappa shape index (κ1) is 20.7. The van der Waals surface area contributed by atoms with Crippen LogP contribution in [0.2, 0.25) is 0 Å². The molecule has 0 bridgehead atoms. The highest BCUT2D eigenvalue weighted by molar-refractivity contribution is 7.99. The summed E-state index contributed by atoms with van der Waals surface area (Å²) in [6.07, 6.45) is 3.12. The molecule has 2 aliphatic rings. The molecule has 2 N–H and O–H groups in total. The number of H-pyrrole nitrogens is 1. The van der Waals surface area contributed by atoms with Gasteiger partial charge in [-0.05, 0) is 31.2 Å². The average Bonchev–Trinajstić information content (AvgIpc) is 2.72. The summed E-state index contributed by atoms with van der Waals surface area (Å²) in [5, 5.41) is 3.93. The van der Waals surface area contributed by atoms with Crippen LogP contribution in [0.4, 0.5) is 5.82 Å². The maximum absolute atomic E-state index is 13.2. The lowest BCUT2D eigenvalue weighted by Gasteiger charge is -2.33. The Morgan fingerprint density at radius 1 is 1.23 bits per heavy atom. The van der Waals surface area contributed by atoms with Crippen molar-refractivity contribution in [1.29, 1.82) is 0 Å². The molecule has 0 radical (unpaired) electrons. The lowest BCUT2D eigenvalue weighted by Crippen LogP contribution is -2.32. The van der Waals surface area contributed by atoms with Crippen molar-refractivity contribution in [3.05, 3.63) is 57.0 Å². The molecule has 30 heavy (non-hydrogen) atoms. The number of Topliss-reactive ketones (excluding diaryl/α,β-unsaturated/α-hetero) is 1. The SMILES string of the molecule is COc1ccccc1[C@@H]1C2=C(CCCC2=O)Nc2nc(SCCC(C)C)[nH]c(=O)c21. The Labute approximate surface area is 180 Å². The van der Waals surface area contributed by atoms with Crippen molar-refractivity contribution >= 4 is 23.4 Å². The van der Waals surface area contributed by atoms with Crippen LogP contribution < -0.4 is 15.6 Å². The molecular formula is C23H27N3O3S. The van der Waals surface area contributed by atoms with Crippen LogP contribution in [0, 0.1) is 5.92 Å². The van der Waals surface area contributed by atoms with E-state index in [4.69, 9.17) is 9.72 Å². The molecule has 4 rings (SSSR count). The van der Waals surface area contributed by atoms with E-state index in [-0.39, 0.29) is 11.3 Å². The summed E-state index contributed by atoms with van der Waals surface area (Å²) in [7, 11) is 1.61. The van der Waals surface area contributed by atoms with E-state index in [1.807, 2.05) is 24.3 Å². The number of methoxy groups -OCH3 is 1. The number of carbonyl (C=O) groups excluding carboxylic acids is 1. The highest BCUT2D eigenvalue weighted by atomic mass is 32.2. The molecule has 1 aliphatic carbocycles. The minimum Gasteiger partial charge on any atom is -0.496 e. The monoisotopic (exact) mass is 425 g/mol. The number of ketones is 1. The van der Waals surface area contributed by atoms with Crippen LogP contribution in [0.25, 0.3) is 0 Å². The summed E-state index contributed by atoms with van der Waals surface area (Å²) in [6, 6.07) is 7.59. The summed E-state index contributed by atoms with van der Waals surface area (Å²) in [4.78, 5) is 33.8. The molecule has 1 aromatic heterocycles. The van der Waals surface area contributed by atoms with Gasteiger partial charge in [0, 0.05) is 29.0 Å². The molecule has 1 aromatic carbocycles. The fraction of sp³-hybridized carbons (Fsp3) is 0.435. The second-order valence-corrected chi connectivity index (χ2v) is 9.22. The highest BCUT2D eigenvalue weighted by Crippen LogP contribution is 2.45. The van der Waals surface area contributed by atoms with E-state index in [1.165, 1.54) is 0 Å². The maximum atomic E-state index is 13.2. The van der Waals surface area contributed by atoms with E-state index in [2.05, 4.69) is 24.1 Å². The minimum atomic E-state index is -0.480. The Bertz CT molecular complexity index is 1060. The number of nitrogens with one attached hydrogen (secondary N) is 2. The Kier molecular flexibility index (Phi) is 5.99. The molecule has 0 amide bonds. The summed E-state index contributed by atoms with van der Waals surface area (Å²) >= 11 is 1.56. The van der Waals surface area contributed by atoms with E-state index >= 15 is 0 Å². The largest absolute Gasteiger partial charge is 0.496 e. The molecule has 0 saturated carbocycles. The topological polar surface area (TPSA) is 84.1 Å². The van der Waals surface area contributed by atoms with Crippen molar-refractivity contribution in [2.75, 3.05) is 18.2 Å². The van der Waals surface area contributed by atoms with Gasteiger partial charge < -0.3 is 15.0 Å². The number of para-hydroxylation sites is 1. The number of nitrogens with zero attached hydrogens (tertiary/aromatic N) is 1. The molecular weight excluding hydrogens is 398 g/mol. The van der Waals surface area contributed by atoms with Crippen LogP contribution in [0.1, 0.15) is 56.6 Å². The summed E-state index contributed by atoms with van der Waals surface area (Å²) in [5.74, 6) is 2.30. The fourth-order valence-corrected chi connectivity index (χ4v) is 5.22. The first-order chi connectivity index (χ1) is 14.5. The molecule has 6 nitrogen and oxygen atoms in total. The smallest absolute Gasteiger partial charge is 0.257 e. The number of aromatic amines is 1. The third-order valence-electron chi connectivity index (χ3n) is 5.62. The van der Waals surface area contributed by atoms with Gasteiger partial charge in [-0.3, -0.25) is 9.59 Å². The zero-order chi connectivity index (χ0) is 21.3. The Hall–Kier alpha value is -2.54. The van der Waals surface area contributed by atoms with Crippen LogP contribution in [0.15, 0.2) is 45.5 Å². The number of carbonyl (C=O) groups is 1. The van der Waals surface area contributed by atoms with Crippen molar-refractivity contribution in [3.63, 3.8) is 0 Å². The Balaban J connectivity index is 1.83. The van der Waals surface area contributed by atoms with Crippen molar-refractivity contribution < 1.29 is 9.53 Å². The zero-order valence-corrected chi connectivity index (χ0v) is 18.4. The van der Waals surface area contributed by atoms with E-state index in [1.54, 1.807) is 18.9 Å². The average molecular weight is 426 g/mol. The van der Waals surface area contributed by atoms with Gasteiger partial charge in [-0.15, -0.1) is 0 Å². The lowest BCUT2D eigenvalue weighted by molar-refractivity contribution is -0.116. The molecule has 0 unspecified atom stereocenters. The first-order valence-electron chi connectivity index (χ1n) is 10.4. The minimum absolute atomic E-state index is 0.0834. The number of aromatic nitrogens is 2. The van der Waals surface area contributed by atoms with Crippen LogP contribution in [-0.2, 0) is 4.79 Å². The van der Waals surface area contributed by atoms with Gasteiger partial charge in [0.2, 0.25) is 0 Å². The number of hydrogen-bond acceptors (Lipinski definition) is 6. The normalized spacial score (nSPS) is 18.1. The Morgan fingerprint density at radius 2 is 2.03 bits per heavy atom. The lowest BCUT2D eigenvalue weighted by atomic mass is 9.76. The van der Waals surface area contributed by atoms with Gasteiger partial charge in [0.15, 0.2) is 10.9 Å². The number of thioether (sulfide) groups is 1. The number of anilines is 1. The number of ether oxygens (including phenoxy) is 1. The first-order valence-corrected chi connectivity index (χ1v) is 11.4. The Morgan fingerprint density at radius 3 is 2.80 bits per heavy atom. The third kappa shape index (κ3) is 3.90. The van der Waals surface area contributed by atoms with Gasteiger partial charge in [-0.1, -0.05) is 43.8 Å². The number of fused-ring (bicyclic) bond motifs is 1. The second-order valence-electron chi connectivity index (χ2n) is 8.13. The fourth-order valence-electron chi connectivity index (χ4n) is 4.12. The van der Waals surface area contributed by atoms with Crippen molar-refractivity contribution in [2.24, 2.45) is 5.92 Å². The number of rotatable bonds is 6. The van der Waals surface area contributed by atoms with Gasteiger partial charge in [0.1, 0.15) is 11.6 Å². The van der Waals surface area contributed by atoms with Gasteiger partial charge in [-0.2, -0.15) is 0 Å². The van der Waals surface area contributed by atoms with Crippen LogP contribution in [0.3, 0.4) is 0 Å².